The number of nitrogens with zero attached hydrogens (tertiary/aromatic N) is 1. The molecule has 1 N–H and O–H groups in total. The number of benzene rings is 2. The van der Waals surface area contributed by atoms with Gasteiger partial charge in [0.2, 0.25) is 6.10 Å². The first-order chi connectivity index (χ1) is 13.2. The Hall–Kier alpha value is -3.54. The maximum absolute atomic E-state index is 12.2. The van der Waals surface area contributed by atoms with Gasteiger partial charge in [0.1, 0.15) is 18.1 Å². The molecule has 0 saturated heterocycles. The summed E-state index contributed by atoms with van der Waals surface area (Å²) in [4.78, 5) is 12.2. The van der Waals surface area contributed by atoms with Crippen LogP contribution in [0.25, 0.3) is 11.3 Å². The highest BCUT2D eigenvalue weighted by molar-refractivity contribution is 5.84. The molecule has 3 aromatic rings. The highest BCUT2D eigenvalue weighted by Gasteiger charge is 2.26. The van der Waals surface area contributed by atoms with Gasteiger partial charge in [-0.1, -0.05) is 35.9 Å². The van der Waals surface area contributed by atoms with Crippen molar-refractivity contribution in [3.8, 4) is 22.8 Å². The van der Waals surface area contributed by atoms with Crippen molar-refractivity contribution in [3.05, 3.63) is 72.0 Å². The number of hydrazone groups is 1. The van der Waals surface area contributed by atoms with E-state index in [4.69, 9.17) is 13.9 Å². The second-order valence-electron chi connectivity index (χ2n) is 6.17. The van der Waals surface area contributed by atoms with Gasteiger partial charge in [-0.15, -0.1) is 0 Å². The predicted molar refractivity (Wildman–Crippen MR) is 101 cm³/mol. The molecule has 1 aromatic heterocycles. The number of para-hydroxylation sites is 2. The van der Waals surface area contributed by atoms with Crippen molar-refractivity contribution >= 4 is 12.1 Å². The van der Waals surface area contributed by atoms with E-state index in [-0.39, 0.29) is 12.5 Å². The maximum Gasteiger partial charge on any atom is 0.284 e. The smallest absolute Gasteiger partial charge is 0.284 e. The number of hydrogen-bond donors (Lipinski definition) is 1. The Bertz CT molecular complexity index is 993. The summed E-state index contributed by atoms with van der Waals surface area (Å²) >= 11 is 0. The zero-order valence-corrected chi connectivity index (χ0v) is 14.7. The second-order valence-corrected chi connectivity index (χ2v) is 6.17. The predicted octanol–water partition coefficient (Wildman–Crippen LogP) is 3.55. The van der Waals surface area contributed by atoms with Crippen molar-refractivity contribution in [3.63, 3.8) is 0 Å². The molecule has 0 radical (unpaired) electrons. The van der Waals surface area contributed by atoms with Crippen molar-refractivity contribution in [2.45, 2.75) is 13.0 Å². The molecule has 4 rings (SSSR count). The van der Waals surface area contributed by atoms with E-state index in [1.165, 1.54) is 6.21 Å². The maximum atomic E-state index is 12.2. The second kappa shape index (κ2) is 7.37. The summed E-state index contributed by atoms with van der Waals surface area (Å²) in [6.45, 7) is 2.16. The molecule has 0 bridgehead atoms. The lowest BCUT2D eigenvalue weighted by Crippen LogP contribution is -2.42. The topological polar surface area (TPSA) is 73.1 Å². The lowest BCUT2D eigenvalue weighted by Gasteiger charge is -2.24. The summed E-state index contributed by atoms with van der Waals surface area (Å²) in [7, 11) is 0. The van der Waals surface area contributed by atoms with Gasteiger partial charge < -0.3 is 13.9 Å². The fourth-order valence-electron chi connectivity index (χ4n) is 2.76. The van der Waals surface area contributed by atoms with Gasteiger partial charge in [0.15, 0.2) is 11.5 Å². The molecule has 27 heavy (non-hydrogen) atoms. The Morgan fingerprint density at radius 1 is 1.11 bits per heavy atom. The fourth-order valence-corrected chi connectivity index (χ4v) is 2.76. The zero-order chi connectivity index (χ0) is 18.6. The quantitative estimate of drug-likeness (QED) is 0.569. The number of nitrogens with one attached hydrogen (secondary N) is 1. The first-order valence-electron chi connectivity index (χ1n) is 8.57. The third-order valence-electron chi connectivity index (χ3n) is 4.10. The summed E-state index contributed by atoms with van der Waals surface area (Å²) in [5, 5.41) is 3.94. The molecule has 136 valence electrons. The molecule has 0 spiro atoms. The van der Waals surface area contributed by atoms with E-state index in [1.807, 2.05) is 49.4 Å². The molecular weight excluding hydrogens is 344 g/mol. The molecule has 6 nitrogen and oxygen atoms in total. The van der Waals surface area contributed by atoms with Crippen LogP contribution in [0.3, 0.4) is 0 Å². The van der Waals surface area contributed by atoms with Gasteiger partial charge in [-0.05, 0) is 37.3 Å². The fraction of sp³-hybridized carbons (Fsp3) is 0.143. The molecule has 2 heterocycles. The molecule has 1 atom stereocenters. The van der Waals surface area contributed by atoms with Crippen molar-refractivity contribution < 1.29 is 18.7 Å². The number of rotatable bonds is 4. The Labute approximate surface area is 156 Å². The molecule has 1 amide bonds. The Morgan fingerprint density at radius 2 is 1.96 bits per heavy atom. The molecule has 0 fully saturated rings. The highest BCUT2D eigenvalue weighted by Crippen LogP contribution is 2.30. The van der Waals surface area contributed by atoms with Crippen LogP contribution >= 0.6 is 0 Å². The number of hydrogen-bond acceptors (Lipinski definition) is 5. The van der Waals surface area contributed by atoms with Crippen LogP contribution in [0.15, 0.2) is 70.2 Å². The van der Waals surface area contributed by atoms with Gasteiger partial charge in [-0.25, -0.2) is 5.43 Å². The van der Waals surface area contributed by atoms with Crippen LogP contribution in [0.2, 0.25) is 0 Å². The monoisotopic (exact) mass is 362 g/mol. The van der Waals surface area contributed by atoms with Crippen LogP contribution in [0.4, 0.5) is 0 Å². The third-order valence-corrected chi connectivity index (χ3v) is 4.10. The van der Waals surface area contributed by atoms with E-state index >= 15 is 0 Å². The van der Waals surface area contributed by atoms with E-state index in [0.717, 1.165) is 16.9 Å². The van der Waals surface area contributed by atoms with Gasteiger partial charge in [0, 0.05) is 5.56 Å². The number of aryl methyl sites for hydroxylation is 1. The number of carbonyl (C=O) groups is 1. The molecule has 1 aliphatic rings. The summed E-state index contributed by atoms with van der Waals surface area (Å²) in [5.74, 6) is 2.07. The highest BCUT2D eigenvalue weighted by atomic mass is 16.6. The SMILES string of the molecule is Cc1cccc(-c2ccc(/C=N/NC(=O)C3COc4ccccc4O3)o2)c1. The van der Waals surface area contributed by atoms with Crippen molar-refractivity contribution in [1.82, 2.24) is 5.43 Å². The third kappa shape index (κ3) is 3.84. The van der Waals surface area contributed by atoms with E-state index in [1.54, 1.807) is 18.2 Å². The minimum atomic E-state index is -0.753. The van der Waals surface area contributed by atoms with Crippen LogP contribution in [0, 0.1) is 6.92 Å². The van der Waals surface area contributed by atoms with Crippen LogP contribution < -0.4 is 14.9 Å². The average molecular weight is 362 g/mol. The zero-order valence-electron chi connectivity index (χ0n) is 14.7. The number of amides is 1. The van der Waals surface area contributed by atoms with Gasteiger partial charge in [0.05, 0.1) is 6.21 Å². The minimum Gasteiger partial charge on any atom is -0.485 e. The summed E-state index contributed by atoms with van der Waals surface area (Å²) in [6, 6.07) is 18.9. The minimum absolute atomic E-state index is 0.136. The lowest BCUT2D eigenvalue weighted by atomic mass is 10.1. The largest absolute Gasteiger partial charge is 0.485 e. The first kappa shape index (κ1) is 16.9. The number of ether oxygens (including phenoxy) is 2. The van der Waals surface area contributed by atoms with Crippen molar-refractivity contribution in [1.29, 1.82) is 0 Å². The van der Waals surface area contributed by atoms with Gasteiger partial charge in [-0.3, -0.25) is 4.79 Å². The molecule has 1 unspecified atom stereocenters. The van der Waals surface area contributed by atoms with Gasteiger partial charge in [-0.2, -0.15) is 5.10 Å². The van der Waals surface area contributed by atoms with E-state index in [9.17, 15) is 4.79 Å². The van der Waals surface area contributed by atoms with Crippen LogP contribution in [-0.2, 0) is 4.79 Å². The number of furan rings is 1. The van der Waals surface area contributed by atoms with E-state index < -0.39 is 6.10 Å². The molecule has 1 aliphatic heterocycles. The van der Waals surface area contributed by atoms with Crippen LogP contribution in [0.5, 0.6) is 11.5 Å². The van der Waals surface area contributed by atoms with Crippen molar-refractivity contribution in [2.75, 3.05) is 6.61 Å². The van der Waals surface area contributed by atoms with Crippen LogP contribution in [0.1, 0.15) is 11.3 Å². The van der Waals surface area contributed by atoms with Gasteiger partial charge in [0.25, 0.3) is 5.91 Å². The first-order valence-corrected chi connectivity index (χ1v) is 8.57. The lowest BCUT2D eigenvalue weighted by molar-refractivity contribution is -0.130. The Balaban J connectivity index is 1.36. The molecule has 0 aliphatic carbocycles. The van der Waals surface area contributed by atoms with E-state index in [0.29, 0.717) is 17.3 Å². The number of fused-ring (bicyclic) bond motifs is 1. The standard InChI is InChI=1S/C21H18N2O4/c1-14-5-4-6-15(11-14)17-10-9-16(26-17)12-22-23-21(24)20-13-25-18-7-2-3-8-19(18)27-20/h2-12,20H,13H2,1H3,(H,23,24)/b22-12+. The van der Waals surface area contributed by atoms with Crippen molar-refractivity contribution in [2.24, 2.45) is 5.10 Å². The van der Waals surface area contributed by atoms with E-state index in [2.05, 4.69) is 10.5 Å². The Morgan fingerprint density at radius 3 is 2.81 bits per heavy atom. The molecular formula is C21H18N2O4. The molecule has 6 heteroatoms. The van der Waals surface area contributed by atoms with Gasteiger partial charge >= 0.3 is 0 Å². The summed E-state index contributed by atoms with van der Waals surface area (Å²) < 4.78 is 16.9. The Kier molecular flexibility index (Phi) is 4.61. The van der Waals surface area contributed by atoms with Crippen LogP contribution in [-0.4, -0.2) is 24.8 Å². The summed E-state index contributed by atoms with van der Waals surface area (Å²) in [5.41, 5.74) is 4.60. The summed E-state index contributed by atoms with van der Waals surface area (Å²) in [6.07, 6.45) is 0.700. The average Bonchev–Trinajstić information content (AvgIpc) is 3.16. The normalized spacial score (nSPS) is 15.7. The molecule has 2 aromatic carbocycles. The molecule has 0 saturated carbocycles. The number of carbonyl (C=O) groups excluding carboxylic acids is 1.